The fourth-order valence-electron chi connectivity index (χ4n) is 2.83. The van der Waals surface area contributed by atoms with Crippen molar-refractivity contribution < 1.29 is 4.79 Å². The minimum Gasteiger partial charge on any atom is -0.375 e. The van der Waals surface area contributed by atoms with E-state index >= 15 is 0 Å². The van der Waals surface area contributed by atoms with Crippen LogP contribution in [0.5, 0.6) is 0 Å². The SMILES string of the molecule is CC1Cc2ccccc2N1C(=O)CNc1cc(Cl)ccc1Cl. The van der Waals surface area contributed by atoms with Crippen molar-refractivity contribution >= 4 is 40.5 Å². The van der Waals surface area contributed by atoms with Crippen molar-refractivity contribution in [2.45, 2.75) is 19.4 Å². The van der Waals surface area contributed by atoms with E-state index in [2.05, 4.69) is 18.3 Å². The lowest BCUT2D eigenvalue weighted by molar-refractivity contribution is -0.117. The number of nitrogens with zero attached hydrogens (tertiary/aromatic N) is 1. The smallest absolute Gasteiger partial charge is 0.246 e. The Labute approximate surface area is 139 Å². The van der Waals surface area contributed by atoms with E-state index in [0.29, 0.717) is 15.7 Å². The van der Waals surface area contributed by atoms with E-state index in [4.69, 9.17) is 23.2 Å². The van der Waals surface area contributed by atoms with Gasteiger partial charge >= 0.3 is 0 Å². The van der Waals surface area contributed by atoms with Crippen LogP contribution >= 0.6 is 23.2 Å². The molecule has 1 unspecified atom stereocenters. The zero-order valence-electron chi connectivity index (χ0n) is 12.1. The summed E-state index contributed by atoms with van der Waals surface area (Å²) < 4.78 is 0. The van der Waals surface area contributed by atoms with Gasteiger partial charge in [-0.05, 0) is 43.2 Å². The highest BCUT2D eigenvalue weighted by Crippen LogP contribution is 2.32. The number of rotatable bonds is 3. The van der Waals surface area contributed by atoms with Gasteiger partial charge in [-0.2, -0.15) is 0 Å². The van der Waals surface area contributed by atoms with Gasteiger partial charge in [0.2, 0.25) is 5.91 Å². The summed E-state index contributed by atoms with van der Waals surface area (Å²) in [6.07, 6.45) is 0.889. The van der Waals surface area contributed by atoms with Crippen LogP contribution in [-0.4, -0.2) is 18.5 Å². The molecule has 114 valence electrons. The number of amides is 1. The van der Waals surface area contributed by atoms with Crippen LogP contribution in [0.15, 0.2) is 42.5 Å². The van der Waals surface area contributed by atoms with Gasteiger partial charge < -0.3 is 10.2 Å². The van der Waals surface area contributed by atoms with Gasteiger partial charge in [0.15, 0.2) is 0 Å². The number of carbonyl (C=O) groups excluding carboxylic acids is 1. The minimum atomic E-state index is 0.0218. The van der Waals surface area contributed by atoms with Crippen molar-refractivity contribution in [2.75, 3.05) is 16.8 Å². The second-order valence-electron chi connectivity index (χ2n) is 5.42. The van der Waals surface area contributed by atoms with E-state index in [1.807, 2.05) is 23.1 Å². The molecule has 1 aliphatic rings. The molecule has 3 rings (SSSR count). The number of hydrogen-bond acceptors (Lipinski definition) is 2. The highest BCUT2D eigenvalue weighted by Gasteiger charge is 2.30. The van der Waals surface area contributed by atoms with Crippen molar-refractivity contribution in [1.29, 1.82) is 0 Å². The molecule has 0 radical (unpaired) electrons. The zero-order chi connectivity index (χ0) is 15.7. The van der Waals surface area contributed by atoms with Gasteiger partial charge in [-0.1, -0.05) is 41.4 Å². The molecule has 0 aromatic heterocycles. The summed E-state index contributed by atoms with van der Waals surface area (Å²) in [7, 11) is 0. The van der Waals surface area contributed by atoms with Crippen molar-refractivity contribution in [1.82, 2.24) is 0 Å². The van der Waals surface area contributed by atoms with Crippen LogP contribution in [0, 0.1) is 0 Å². The van der Waals surface area contributed by atoms with Crippen LogP contribution in [0.3, 0.4) is 0 Å². The lowest BCUT2D eigenvalue weighted by Gasteiger charge is -2.23. The van der Waals surface area contributed by atoms with Crippen molar-refractivity contribution in [2.24, 2.45) is 0 Å². The van der Waals surface area contributed by atoms with Gasteiger partial charge in [0.1, 0.15) is 0 Å². The third kappa shape index (κ3) is 2.92. The van der Waals surface area contributed by atoms with Crippen LogP contribution in [0.2, 0.25) is 10.0 Å². The van der Waals surface area contributed by atoms with Crippen LogP contribution in [0.4, 0.5) is 11.4 Å². The molecule has 3 nitrogen and oxygen atoms in total. The quantitative estimate of drug-likeness (QED) is 0.903. The fourth-order valence-corrected chi connectivity index (χ4v) is 3.19. The maximum absolute atomic E-state index is 12.6. The molecule has 1 N–H and O–H groups in total. The molecule has 2 aromatic rings. The van der Waals surface area contributed by atoms with E-state index < -0.39 is 0 Å². The van der Waals surface area contributed by atoms with Gasteiger partial charge in [0.05, 0.1) is 17.3 Å². The number of halogens is 2. The normalized spacial score (nSPS) is 16.5. The molecule has 1 amide bonds. The maximum Gasteiger partial charge on any atom is 0.246 e. The van der Waals surface area contributed by atoms with E-state index in [0.717, 1.165) is 12.1 Å². The average molecular weight is 335 g/mol. The number of benzene rings is 2. The Bertz CT molecular complexity index is 718. The van der Waals surface area contributed by atoms with Crippen LogP contribution in [0.25, 0.3) is 0 Å². The van der Waals surface area contributed by atoms with Gasteiger partial charge in [-0.25, -0.2) is 0 Å². The molecule has 0 bridgehead atoms. The third-order valence-corrected chi connectivity index (χ3v) is 4.40. The number of fused-ring (bicyclic) bond motifs is 1. The molecule has 1 atom stereocenters. The summed E-state index contributed by atoms with van der Waals surface area (Å²) in [4.78, 5) is 14.4. The Balaban J connectivity index is 1.74. The Kier molecular flexibility index (Phi) is 4.27. The predicted molar refractivity (Wildman–Crippen MR) is 92.0 cm³/mol. The molecule has 22 heavy (non-hydrogen) atoms. The zero-order valence-corrected chi connectivity index (χ0v) is 13.7. The summed E-state index contributed by atoms with van der Waals surface area (Å²) in [5, 5.41) is 4.21. The van der Waals surface area contributed by atoms with E-state index in [-0.39, 0.29) is 18.5 Å². The van der Waals surface area contributed by atoms with E-state index in [1.165, 1.54) is 5.56 Å². The first-order valence-corrected chi connectivity index (χ1v) is 7.91. The molecular formula is C17H16Cl2N2O. The highest BCUT2D eigenvalue weighted by atomic mass is 35.5. The molecular weight excluding hydrogens is 319 g/mol. The Morgan fingerprint density at radius 3 is 2.86 bits per heavy atom. The lowest BCUT2D eigenvalue weighted by atomic mass is 10.1. The van der Waals surface area contributed by atoms with E-state index in [1.54, 1.807) is 18.2 Å². The summed E-state index contributed by atoms with van der Waals surface area (Å²) in [6.45, 7) is 2.24. The first-order chi connectivity index (χ1) is 10.6. The van der Waals surface area contributed by atoms with Crippen LogP contribution < -0.4 is 10.2 Å². The Morgan fingerprint density at radius 1 is 1.27 bits per heavy atom. The topological polar surface area (TPSA) is 32.3 Å². The molecule has 0 aliphatic carbocycles. The molecule has 2 aromatic carbocycles. The molecule has 1 aliphatic heterocycles. The van der Waals surface area contributed by atoms with Crippen molar-refractivity contribution in [3.05, 3.63) is 58.1 Å². The molecule has 0 spiro atoms. The molecule has 0 fully saturated rings. The number of hydrogen-bond donors (Lipinski definition) is 1. The highest BCUT2D eigenvalue weighted by molar-refractivity contribution is 6.35. The molecule has 0 saturated carbocycles. The monoisotopic (exact) mass is 334 g/mol. The Morgan fingerprint density at radius 2 is 2.05 bits per heavy atom. The fraction of sp³-hybridized carbons (Fsp3) is 0.235. The van der Waals surface area contributed by atoms with Crippen molar-refractivity contribution in [3.63, 3.8) is 0 Å². The number of anilines is 2. The minimum absolute atomic E-state index is 0.0218. The summed E-state index contributed by atoms with van der Waals surface area (Å²) in [5.41, 5.74) is 2.88. The summed E-state index contributed by atoms with van der Waals surface area (Å²) >= 11 is 12.1. The van der Waals surface area contributed by atoms with Gasteiger partial charge in [-0.15, -0.1) is 0 Å². The predicted octanol–water partition coefficient (Wildman–Crippen LogP) is 4.38. The third-order valence-electron chi connectivity index (χ3n) is 3.83. The largest absolute Gasteiger partial charge is 0.375 e. The van der Waals surface area contributed by atoms with Crippen LogP contribution in [0.1, 0.15) is 12.5 Å². The number of nitrogens with one attached hydrogen (secondary N) is 1. The summed E-state index contributed by atoms with van der Waals surface area (Å²) in [6, 6.07) is 13.3. The number of carbonyl (C=O) groups is 1. The lowest BCUT2D eigenvalue weighted by Crippen LogP contribution is -2.39. The van der Waals surface area contributed by atoms with Gasteiger partial charge in [0, 0.05) is 16.8 Å². The second kappa shape index (κ2) is 6.19. The first-order valence-electron chi connectivity index (χ1n) is 7.15. The molecule has 5 heteroatoms. The molecule has 0 saturated heterocycles. The second-order valence-corrected chi connectivity index (χ2v) is 6.27. The van der Waals surface area contributed by atoms with Gasteiger partial charge in [0.25, 0.3) is 0 Å². The van der Waals surface area contributed by atoms with E-state index in [9.17, 15) is 4.79 Å². The van der Waals surface area contributed by atoms with Gasteiger partial charge in [-0.3, -0.25) is 4.79 Å². The molecule has 1 heterocycles. The maximum atomic E-state index is 12.6. The first kappa shape index (κ1) is 15.2. The summed E-state index contributed by atoms with van der Waals surface area (Å²) in [5.74, 6) is 0.0218. The standard InChI is InChI=1S/C17H16Cl2N2O/c1-11-8-12-4-2-3-5-16(12)21(11)17(22)10-20-15-9-13(18)6-7-14(15)19/h2-7,9,11,20H,8,10H2,1H3. The van der Waals surface area contributed by atoms with Crippen molar-refractivity contribution in [3.8, 4) is 0 Å². The average Bonchev–Trinajstić information content (AvgIpc) is 2.83. The number of para-hydroxylation sites is 1. The van der Waals surface area contributed by atoms with Crippen LogP contribution in [-0.2, 0) is 11.2 Å². The Hall–Kier alpha value is -1.71.